The van der Waals surface area contributed by atoms with Crippen LogP contribution in [0.2, 0.25) is 0 Å². The van der Waals surface area contributed by atoms with E-state index >= 15 is 0 Å². The molecule has 2 aromatic carbocycles. The fraction of sp³-hybridized carbons (Fsp3) is 0.333. The van der Waals surface area contributed by atoms with Crippen LogP contribution in [0.15, 0.2) is 36.4 Å². The minimum absolute atomic E-state index is 0.222. The minimum atomic E-state index is -4.68. The van der Waals surface area contributed by atoms with Crippen molar-refractivity contribution < 1.29 is 22.6 Å². The lowest BCUT2D eigenvalue weighted by Gasteiger charge is -2.28. The zero-order chi connectivity index (χ0) is 17.3. The Morgan fingerprint density at radius 2 is 1.75 bits per heavy atom. The van der Waals surface area contributed by atoms with E-state index in [4.69, 9.17) is 4.74 Å². The number of nitrogens with zero attached hydrogens (tertiary/aromatic N) is 1. The lowest BCUT2D eigenvalue weighted by atomic mass is 9.91. The van der Waals surface area contributed by atoms with Crippen LogP contribution in [0.3, 0.4) is 0 Å². The highest BCUT2D eigenvalue weighted by Crippen LogP contribution is 2.35. The Hall–Kier alpha value is -2.21. The molecule has 24 heavy (non-hydrogen) atoms. The number of methoxy groups -OCH3 is 1. The number of halogens is 3. The van der Waals surface area contributed by atoms with Crippen molar-refractivity contribution >= 4 is 0 Å². The average molecular weight is 337 g/mol. The average Bonchev–Trinajstić information content (AvgIpc) is 2.53. The van der Waals surface area contributed by atoms with Crippen molar-refractivity contribution in [2.45, 2.75) is 19.3 Å². The molecule has 0 saturated carbocycles. The Balaban J connectivity index is 1.99. The normalized spacial score (nSPS) is 15.0. The second-order valence-electron chi connectivity index (χ2n) is 5.87. The van der Waals surface area contributed by atoms with Crippen LogP contribution in [0.4, 0.5) is 13.2 Å². The molecule has 3 nitrogen and oxygen atoms in total. The third-order valence-electron chi connectivity index (χ3n) is 4.14. The van der Waals surface area contributed by atoms with Crippen molar-refractivity contribution in [2.24, 2.45) is 0 Å². The van der Waals surface area contributed by atoms with Crippen molar-refractivity contribution in [3.63, 3.8) is 0 Å². The number of benzene rings is 2. The summed E-state index contributed by atoms with van der Waals surface area (Å²) < 4.78 is 46.2. The van der Waals surface area contributed by atoms with Gasteiger partial charge in [-0.3, -0.25) is 0 Å². The molecule has 0 bridgehead atoms. The second-order valence-corrected chi connectivity index (χ2v) is 5.87. The molecule has 0 N–H and O–H groups in total. The zero-order valence-electron chi connectivity index (χ0n) is 13.5. The lowest BCUT2D eigenvalue weighted by Crippen LogP contribution is -2.27. The van der Waals surface area contributed by atoms with Gasteiger partial charge in [0.15, 0.2) is 0 Å². The predicted molar refractivity (Wildman–Crippen MR) is 85.2 cm³/mol. The summed E-state index contributed by atoms with van der Waals surface area (Å²) in [6, 6.07) is 9.92. The monoisotopic (exact) mass is 337 g/mol. The van der Waals surface area contributed by atoms with Crippen LogP contribution in [0, 0.1) is 0 Å². The molecule has 0 atom stereocenters. The van der Waals surface area contributed by atoms with Gasteiger partial charge < -0.3 is 14.4 Å². The Labute approximate surface area is 138 Å². The molecule has 1 aliphatic heterocycles. The summed E-state index contributed by atoms with van der Waals surface area (Å²) in [4.78, 5) is 2.22. The molecule has 128 valence electrons. The molecule has 1 aliphatic rings. The van der Waals surface area contributed by atoms with E-state index in [1.807, 2.05) is 12.1 Å². The van der Waals surface area contributed by atoms with Gasteiger partial charge in [0.1, 0.15) is 11.5 Å². The lowest BCUT2D eigenvalue weighted by molar-refractivity contribution is -0.274. The fourth-order valence-electron chi connectivity index (χ4n) is 2.98. The van der Waals surface area contributed by atoms with Crippen LogP contribution in [0.25, 0.3) is 11.1 Å². The van der Waals surface area contributed by atoms with E-state index in [9.17, 15) is 13.2 Å². The Kier molecular flexibility index (Phi) is 4.41. The summed E-state index contributed by atoms with van der Waals surface area (Å²) >= 11 is 0. The van der Waals surface area contributed by atoms with E-state index in [1.165, 1.54) is 23.3 Å². The van der Waals surface area contributed by atoms with Gasteiger partial charge in [-0.05, 0) is 60.0 Å². The summed E-state index contributed by atoms with van der Waals surface area (Å²) in [7, 11) is 3.66. The molecular weight excluding hydrogens is 319 g/mol. The number of fused-ring (bicyclic) bond motifs is 1. The molecule has 1 heterocycles. The number of hydrogen-bond donors (Lipinski definition) is 0. The third kappa shape index (κ3) is 3.64. The van der Waals surface area contributed by atoms with Gasteiger partial charge in [-0.2, -0.15) is 0 Å². The molecule has 3 rings (SSSR count). The number of likely N-dealkylation sites (N-methyl/N-ethyl adjacent to an activating group) is 1. The minimum Gasteiger partial charge on any atom is -0.497 e. The largest absolute Gasteiger partial charge is 0.573 e. The van der Waals surface area contributed by atoms with Crippen LogP contribution in [0.5, 0.6) is 11.5 Å². The molecule has 0 fully saturated rings. The van der Waals surface area contributed by atoms with Crippen molar-refractivity contribution in [1.29, 1.82) is 0 Å². The van der Waals surface area contributed by atoms with Crippen molar-refractivity contribution in [1.82, 2.24) is 4.90 Å². The summed E-state index contributed by atoms with van der Waals surface area (Å²) in [5.41, 5.74) is 4.23. The van der Waals surface area contributed by atoms with Gasteiger partial charge in [-0.1, -0.05) is 12.1 Å². The van der Waals surface area contributed by atoms with Crippen LogP contribution in [-0.4, -0.2) is 32.0 Å². The first kappa shape index (κ1) is 16.6. The second kappa shape index (κ2) is 6.36. The van der Waals surface area contributed by atoms with E-state index in [1.54, 1.807) is 19.2 Å². The first-order chi connectivity index (χ1) is 11.4. The SMILES string of the molecule is COc1cc2c(c(-c3ccc(OC(F)(F)F)cc3)c1)CN(C)CC2. The third-order valence-corrected chi connectivity index (χ3v) is 4.14. The van der Waals surface area contributed by atoms with Crippen LogP contribution >= 0.6 is 0 Å². The van der Waals surface area contributed by atoms with Crippen LogP contribution < -0.4 is 9.47 Å². The van der Waals surface area contributed by atoms with Gasteiger partial charge in [-0.15, -0.1) is 13.2 Å². The van der Waals surface area contributed by atoms with E-state index in [0.717, 1.165) is 36.4 Å². The molecule has 0 aliphatic carbocycles. The smallest absolute Gasteiger partial charge is 0.497 e. The predicted octanol–water partition coefficient (Wildman–Crippen LogP) is 4.25. The zero-order valence-corrected chi connectivity index (χ0v) is 13.5. The number of ether oxygens (including phenoxy) is 2. The van der Waals surface area contributed by atoms with E-state index in [0.29, 0.717) is 0 Å². The Bertz CT molecular complexity index is 726. The summed E-state index contributed by atoms with van der Waals surface area (Å²) in [5, 5.41) is 0. The quantitative estimate of drug-likeness (QED) is 0.836. The topological polar surface area (TPSA) is 21.7 Å². The highest BCUT2D eigenvalue weighted by molar-refractivity contribution is 5.71. The van der Waals surface area contributed by atoms with Crippen molar-refractivity contribution in [3.05, 3.63) is 47.5 Å². The summed E-state index contributed by atoms with van der Waals surface area (Å²) in [5.74, 6) is 0.532. The van der Waals surface area contributed by atoms with Gasteiger partial charge in [0, 0.05) is 13.1 Å². The van der Waals surface area contributed by atoms with Gasteiger partial charge in [0.05, 0.1) is 7.11 Å². The molecule has 0 amide bonds. The number of alkyl halides is 3. The molecule has 2 aromatic rings. The highest BCUT2D eigenvalue weighted by atomic mass is 19.4. The number of hydrogen-bond acceptors (Lipinski definition) is 3. The molecular formula is C18H18F3NO2. The first-order valence-electron chi connectivity index (χ1n) is 7.60. The van der Waals surface area contributed by atoms with Crippen molar-refractivity contribution in [3.8, 4) is 22.6 Å². The van der Waals surface area contributed by atoms with Gasteiger partial charge in [0.25, 0.3) is 0 Å². The molecule has 0 saturated heterocycles. The van der Waals surface area contributed by atoms with Crippen molar-refractivity contribution in [2.75, 3.05) is 20.7 Å². The maximum absolute atomic E-state index is 12.3. The van der Waals surface area contributed by atoms with E-state index in [2.05, 4.69) is 16.7 Å². The maximum Gasteiger partial charge on any atom is 0.573 e. The van der Waals surface area contributed by atoms with E-state index in [-0.39, 0.29) is 5.75 Å². The summed E-state index contributed by atoms with van der Waals surface area (Å²) in [6.45, 7) is 1.77. The highest BCUT2D eigenvalue weighted by Gasteiger charge is 2.31. The molecule has 0 spiro atoms. The van der Waals surface area contributed by atoms with Gasteiger partial charge >= 0.3 is 6.36 Å². The van der Waals surface area contributed by atoms with Crippen LogP contribution in [-0.2, 0) is 13.0 Å². The first-order valence-corrected chi connectivity index (χ1v) is 7.60. The van der Waals surface area contributed by atoms with E-state index < -0.39 is 6.36 Å². The molecule has 6 heteroatoms. The van der Waals surface area contributed by atoms with Crippen LogP contribution in [0.1, 0.15) is 11.1 Å². The fourth-order valence-corrected chi connectivity index (χ4v) is 2.98. The standard InChI is InChI=1S/C18H18F3NO2/c1-22-8-7-13-9-15(23-2)10-16(17(13)11-22)12-3-5-14(6-4-12)24-18(19,20)21/h3-6,9-10H,7-8,11H2,1-2H3. The molecule has 0 aromatic heterocycles. The summed E-state index contributed by atoms with van der Waals surface area (Å²) in [6.07, 6.45) is -3.76. The Morgan fingerprint density at radius 3 is 2.38 bits per heavy atom. The number of rotatable bonds is 3. The molecule has 0 unspecified atom stereocenters. The molecule has 0 radical (unpaired) electrons. The Morgan fingerprint density at radius 1 is 1.04 bits per heavy atom. The van der Waals surface area contributed by atoms with Gasteiger partial charge in [-0.25, -0.2) is 0 Å². The van der Waals surface area contributed by atoms with Gasteiger partial charge in [0.2, 0.25) is 0 Å². The maximum atomic E-state index is 12.3.